The molecule has 4 aliphatic carbocycles. The van der Waals surface area contributed by atoms with Gasteiger partial charge in [-0.25, -0.2) is 4.79 Å². The van der Waals surface area contributed by atoms with Gasteiger partial charge >= 0.3 is 11.9 Å². The van der Waals surface area contributed by atoms with Gasteiger partial charge in [-0.1, -0.05) is 6.92 Å². The summed E-state index contributed by atoms with van der Waals surface area (Å²) in [5.41, 5.74) is -2.41. The fourth-order valence-corrected chi connectivity index (χ4v) is 8.44. The average Bonchev–Trinajstić information content (AvgIpc) is 3.27. The number of carbonyl (C=O) groups is 3. The van der Waals surface area contributed by atoms with E-state index in [0.29, 0.717) is 38.7 Å². The number of fused-ring (bicyclic) bond motifs is 5. The normalized spacial score (nSPS) is 49.9. The summed E-state index contributed by atoms with van der Waals surface area (Å²) in [7, 11) is 0. The van der Waals surface area contributed by atoms with Gasteiger partial charge in [0, 0.05) is 19.4 Å². The van der Waals surface area contributed by atoms with Crippen molar-refractivity contribution in [3.8, 4) is 0 Å². The van der Waals surface area contributed by atoms with Crippen molar-refractivity contribution >= 4 is 18.2 Å². The van der Waals surface area contributed by atoms with Crippen LogP contribution in [0.25, 0.3) is 0 Å². The lowest BCUT2D eigenvalue weighted by Gasteiger charge is -2.64. The fourth-order valence-electron chi connectivity index (χ4n) is 8.44. The van der Waals surface area contributed by atoms with Gasteiger partial charge in [0.2, 0.25) is 0 Å². The minimum Gasteiger partial charge on any atom is -0.462 e. The molecule has 7 nitrogen and oxygen atoms in total. The minimum atomic E-state index is -1.22. The molecule has 0 radical (unpaired) electrons. The van der Waals surface area contributed by atoms with Crippen molar-refractivity contribution in [3.05, 3.63) is 11.6 Å². The van der Waals surface area contributed by atoms with Crippen LogP contribution in [0.3, 0.4) is 0 Å². The first-order valence-corrected chi connectivity index (χ1v) is 12.0. The number of hydrogen-bond donors (Lipinski definition) is 2. The molecule has 0 spiro atoms. The van der Waals surface area contributed by atoms with E-state index in [2.05, 4.69) is 6.92 Å². The third-order valence-electron chi connectivity index (χ3n) is 10.00. The highest BCUT2D eigenvalue weighted by Gasteiger charge is 2.70. The van der Waals surface area contributed by atoms with Gasteiger partial charge in [0.05, 0.1) is 16.6 Å². The van der Waals surface area contributed by atoms with Crippen LogP contribution in [-0.2, 0) is 23.9 Å². The van der Waals surface area contributed by atoms with Gasteiger partial charge in [-0.15, -0.1) is 0 Å². The van der Waals surface area contributed by atoms with Crippen LogP contribution in [0.5, 0.6) is 0 Å². The van der Waals surface area contributed by atoms with Gasteiger partial charge in [-0.2, -0.15) is 0 Å². The molecular weight excluding hydrogens is 412 g/mol. The van der Waals surface area contributed by atoms with Crippen molar-refractivity contribution in [2.75, 3.05) is 6.61 Å². The van der Waals surface area contributed by atoms with Crippen molar-refractivity contribution < 1.29 is 34.1 Å². The zero-order valence-corrected chi connectivity index (χ0v) is 19.0. The first-order valence-electron chi connectivity index (χ1n) is 12.0. The van der Waals surface area contributed by atoms with E-state index >= 15 is 0 Å². The lowest BCUT2D eigenvalue weighted by molar-refractivity contribution is -0.247. The molecule has 4 fully saturated rings. The summed E-state index contributed by atoms with van der Waals surface area (Å²) in [4.78, 5) is 35.8. The molecule has 1 heterocycles. The fraction of sp³-hybridized carbons (Fsp3) is 0.800. The topological polar surface area (TPSA) is 110 Å². The number of hydrogen-bond acceptors (Lipinski definition) is 7. The predicted molar refractivity (Wildman–Crippen MR) is 113 cm³/mol. The third kappa shape index (κ3) is 2.89. The summed E-state index contributed by atoms with van der Waals surface area (Å²) in [5, 5.41) is 23.9. The molecule has 8 atom stereocenters. The summed E-state index contributed by atoms with van der Waals surface area (Å²) in [6, 6.07) is 0. The number of aldehydes is 1. The lowest BCUT2D eigenvalue weighted by atomic mass is 9.42. The molecule has 1 aliphatic heterocycles. The second-order valence-electron chi connectivity index (χ2n) is 11.4. The van der Waals surface area contributed by atoms with E-state index in [1.165, 1.54) is 6.92 Å². The van der Waals surface area contributed by atoms with Gasteiger partial charge in [0.25, 0.3) is 0 Å². The smallest absolute Gasteiger partial charge is 0.331 e. The Kier molecular flexibility index (Phi) is 4.92. The summed E-state index contributed by atoms with van der Waals surface area (Å²) in [6.45, 7) is 3.82. The molecule has 176 valence electrons. The SMILES string of the molecule is CC(=O)O[C@@H]1CC[C@@]2(C=O)[C@@H]3CC[C@]4(C)C[C@H](C5=CC(=O)OC5)C[C@]4(O)[C@@H]3CC[C@]2(O)C1. The van der Waals surface area contributed by atoms with Crippen LogP contribution in [0.4, 0.5) is 0 Å². The van der Waals surface area contributed by atoms with Gasteiger partial charge < -0.3 is 24.5 Å². The quantitative estimate of drug-likeness (QED) is 0.506. The van der Waals surface area contributed by atoms with E-state index in [9.17, 15) is 24.6 Å². The molecule has 0 saturated heterocycles. The van der Waals surface area contributed by atoms with E-state index < -0.39 is 16.6 Å². The summed E-state index contributed by atoms with van der Waals surface area (Å²) >= 11 is 0. The molecule has 0 aromatic rings. The molecule has 0 bridgehead atoms. The van der Waals surface area contributed by atoms with Crippen molar-refractivity contribution in [2.45, 2.75) is 88.9 Å². The molecule has 0 unspecified atom stereocenters. The van der Waals surface area contributed by atoms with Crippen molar-refractivity contribution in [3.63, 3.8) is 0 Å². The van der Waals surface area contributed by atoms with Crippen LogP contribution in [0.15, 0.2) is 11.6 Å². The molecule has 32 heavy (non-hydrogen) atoms. The average molecular weight is 447 g/mol. The van der Waals surface area contributed by atoms with Gasteiger partial charge in [-0.3, -0.25) is 4.79 Å². The van der Waals surface area contributed by atoms with E-state index in [1.54, 1.807) is 6.08 Å². The standard InChI is InChI=1S/C25H34O7/c1-15(27)32-18-3-7-23(14-26)19-4-6-22(2)10-17(16-9-21(28)31-13-16)11-25(22,30)20(19)5-8-24(23,29)12-18/h9,14,17-20,29-30H,3-8,10-13H2,1-2H3/t17-,18+,19+,20+,22+,23+,24-,25-/m0/s1. The number of ether oxygens (including phenoxy) is 2. The van der Waals surface area contributed by atoms with Crippen LogP contribution in [0, 0.1) is 28.6 Å². The number of esters is 2. The second-order valence-corrected chi connectivity index (χ2v) is 11.4. The first kappa shape index (κ1) is 22.1. The molecule has 0 aromatic heterocycles. The summed E-state index contributed by atoms with van der Waals surface area (Å²) < 4.78 is 10.5. The summed E-state index contributed by atoms with van der Waals surface area (Å²) in [5.74, 6) is -0.765. The highest BCUT2D eigenvalue weighted by atomic mass is 16.5. The van der Waals surface area contributed by atoms with Crippen molar-refractivity contribution in [1.29, 1.82) is 0 Å². The lowest BCUT2D eigenvalue weighted by Crippen LogP contribution is -2.68. The van der Waals surface area contributed by atoms with Gasteiger partial charge in [-0.05, 0) is 80.1 Å². The molecular formula is C25H34O7. The Morgan fingerprint density at radius 2 is 1.88 bits per heavy atom. The molecule has 5 aliphatic rings. The maximum atomic E-state index is 12.7. The number of rotatable bonds is 3. The zero-order chi connectivity index (χ0) is 22.9. The predicted octanol–water partition coefficient (Wildman–Crippen LogP) is 2.47. The monoisotopic (exact) mass is 446 g/mol. The van der Waals surface area contributed by atoms with Gasteiger partial charge in [0.1, 0.15) is 19.0 Å². The molecule has 5 rings (SSSR count). The Morgan fingerprint density at radius 1 is 1.12 bits per heavy atom. The Morgan fingerprint density at radius 3 is 2.53 bits per heavy atom. The number of cyclic esters (lactones) is 1. The maximum Gasteiger partial charge on any atom is 0.331 e. The van der Waals surface area contributed by atoms with E-state index in [4.69, 9.17) is 9.47 Å². The zero-order valence-electron chi connectivity index (χ0n) is 19.0. The molecule has 7 heteroatoms. The number of carbonyl (C=O) groups excluding carboxylic acids is 3. The van der Waals surface area contributed by atoms with E-state index in [1.807, 2.05) is 0 Å². The van der Waals surface area contributed by atoms with Crippen LogP contribution < -0.4 is 0 Å². The molecule has 2 N–H and O–H groups in total. The number of aliphatic hydroxyl groups is 2. The minimum absolute atomic E-state index is 0.0828. The Hall–Kier alpha value is -1.73. The van der Waals surface area contributed by atoms with Crippen molar-refractivity contribution in [2.24, 2.45) is 28.6 Å². The third-order valence-corrected chi connectivity index (χ3v) is 10.00. The van der Waals surface area contributed by atoms with Crippen LogP contribution in [0.1, 0.15) is 71.6 Å². The Balaban J connectivity index is 1.45. The summed E-state index contributed by atoms with van der Waals surface area (Å²) in [6.07, 6.45) is 7.44. The molecule has 0 amide bonds. The molecule has 0 aromatic carbocycles. The van der Waals surface area contributed by atoms with Crippen LogP contribution >= 0.6 is 0 Å². The first-order chi connectivity index (χ1) is 15.1. The van der Waals surface area contributed by atoms with Crippen LogP contribution in [-0.4, -0.2) is 52.4 Å². The van der Waals surface area contributed by atoms with E-state index in [0.717, 1.165) is 31.1 Å². The largest absolute Gasteiger partial charge is 0.462 e. The molecule has 4 saturated carbocycles. The Labute approximate surface area is 188 Å². The highest BCUT2D eigenvalue weighted by Crippen LogP contribution is 2.69. The van der Waals surface area contributed by atoms with Gasteiger partial charge in [0.15, 0.2) is 0 Å². The Bertz CT molecular complexity index is 882. The van der Waals surface area contributed by atoms with Crippen LogP contribution in [0.2, 0.25) is 0 Å². The van der Waals surface area contributed by atoms with Crippen molar-refractivity contribution in [1.82, 2.24) is 0 Å². The highest BCUT2D eigenvalue weighted by molar-refractivity contribution is 5.85. The maximum absolute atomic E-state index is 12.7. The van der Waals surface area contributed by atoms with E-state index in [-0.39, 0.29) is 47.6 Å². The second kappa shape index (κ2) is 7.13.